The fourth-order valence-corrected chi connectivity index (χ4v) is 3.04. The molecular formula is C23H42N2O5. The molecule has 0 heterocycles. The number of unbranched alkanes of at least 4 members (excludes halogenated alkanes) is 1. The van der Waals surface area contributed by atoms with Gasteiger partial charge in [-0.3, -0.25) is 19.2 Å². The zero-order chi connectivity index (χ0) is 23.1. The highest BCUT2D eigenvalue weighted by Crippen LogP contribution is 2.13. The lowest BCUT2D eigenvalue weighted by Gasteiger charge is -2.21. The summed E-state index contributed by atoms with van der Waals surface area (Å²) in [4.78, 5) is 47.7. The van der Waals surface area contributed by atoms with E-state index in [0.29, 0.717) is 32.0 Å². The van der Waals surface area contributed by atoms with Crippen molar-refractivity contribution < 1.29 is 23.9 Å². The highest BCUT2D eigenvalue weighted by Gasteiger charge is 2.27. The van der Waals surface area contributed by atoms with Gasteiger partial charge in [0, 0.05) is 43.9 Å². The van der Waals surface area contributed by atoms with Gasteiger partial charge in [-0.05, 0) is 25.7 Å². The van der Waals surface area contributed by atoms with Gasteiger partial charge in [0.1, 0.15) is 5.78 Å². The Morgan fingerprint density at radius 3 is 2.17 bits per heavy atom. The Hall–Kier alpha value is -1.76. The average Bonchev–Trinajstić information content (AvgIpc) is 2.68. The quantitative estimate of drug-likeness (QED) is 0.259. The molecule has 30 heavy (non-hydrogen) atoms. The minimum absolute atomic E-state index is 0.00678. The summed E-state index contributed by atoms with van der Waals surface area (Å²) in [5.74, 6) is -0.856. The van der Waals surface area contributed by atoms with Crippen LogP contribution in [0.3, 0.4) is 0 Å². The van der Waals surface area contributed by atoms with Crippen LogP contribution in [0.25, 0.3) is 0 Å². The van der Waals surface area contributed by atoms with Crippen molar-refractivity contribution in [2.45, 2.75) is 79.7 Å². The molecule has 0 aromatic carbocycles. The predicted octanol–water partition coefficient (Wildman–Crippen LogP) is 2.91. The third kappa shape index (κ3) is 12.7. The minimum atomic E-state index is -0.685. The van der Waals surface area contributed by atoms with Crippen molar-refractivity contribution in [2.24, 2.45) is 23.7 Å². The number of carbonyl (C=O) groups excluding carboxylic acids is 4. The fourth-order valence-electron chi connectivity index (χ4n) is 3.04. The van der Waals surface area contributed by atoms with Crippen LogP contribution >= 0.6 is 0 Å². The van der Waals surface area contributed by atoms with Gasteiger partial charge in [-0.1, -0.05) is 47.5 Å². The number of carbonyl (C=O) groups is 4. The Bertz CT molecular complexity index is 534. The molecule has 0 aliphatic rings. The van der Waals surface area contributed by atoms with Crippen LogP contribution < -0.4 is 10.6 Å². The molecule has 7 heteroatoms. The van der Waals surface area contributed by atoms with Crippen LogP contribution in [-0.2, 0) is 23.9 Å². The highest BCUT2D eigenvalue weighted by atomic mass is 16.5. The van der Waals surface area contributed by atoms with Crippen LogP contribution in [0.5, 0.6) is 0 Å². The van der Waals surface area contributed by atoms with E-state index in [9.17, 15) is 19.2 Å². The molecule has 0 saturated carbocycles. The molecule has 3 atom stereocenters. The van der Waals surface area contributed by atoms with Gasteiger partial charge in [0.25, 0.3) is 0 Å². The Labute approximate surface area is 182 Å². The number of ether oxygens (including phenoxy) is 1. The molecule has 0 aliphatic carbocycles. The van der Waals surface area contributed by atoms with E-state index in [0.717, 1.165) is 12.8 Å². The molecule has 0 aromatic rings. The van der Waals surface area contributed by atoms with E-state index < -0.39 is 12.0 Å². The van der Waals surface area contributed by atoms with Crippen molar-refractivity contribution >= 4 is 23.9 Å². The fraction of sp³-hybridized carbons (Fsp3) is 0.826. The number of rotatable bonds is 18. The summed E-state index contributed by atoms with van der Waals surface area (Å²) >= 11 is 0. The van der Waals surface area contributed by atoms with E-state index in [2.05, 4.69) is 24.5 Å². The highest BCUT2D eigenvalue weighted by molar-refractivity contribution is 5.93. The van der Waals surface area contributed by atoms with E-state index in [1.54, 1.807) is 20.8 Å². The first-order valence-corrected chi connectivity index (χ1v) is 11.2. The van der Waals surface area contributed by atoms with Gasteiger partial charge in [0.15, 0.2) is 5.78 Å². The third-order valence-electron chi connectivity index (χ3n) is 5.17. The Balaban J connectivity index is 4.33. The second-order valence-electron chi connectivity index (χ2n) is 8.87. The maximum atomic E-state index is 12.5. The van der Waals surface area contributed by atoms with Crippen molar-refractivity contribution in [3.8, 4) is 0 Å². The number of Topliss-reactive ketones (excluding diaryl/α,β-unsaturated/α-hetero) is 2. The maximum absolute atomic E-state index is 12.5. The summed E-state index contributed by atoms with van der Waals surface area (Å²) in [5, 5.41) is 5.22. The van der Waals surface area contributed by atoms with E-state index >= 15 is 0 Å². The molecule has 0 aliphatic heterocycles. The first kappa shape index (κ1) is 28.2. The SMILES string of the molecule is CC(C)CCCCOCC[C@@H](C)C(=O)N[C@@H](C)C(=O)C[C@@H](CNC=O)C(=O)C(C)C. The first-order chi connectivity index (χ1) is 14.1. The second-order valence-corrected chi connectivity index (χ2v) is 8.87. The Kier molecular flexibility index (Phi) is 15.1. The molecule has 0 aromatic heterocycles. The summed E-state index contributed by atoms with van der Waals surface area (Å²) in [6, 6.07) is -0.685. The number of hydrogen-bond donors (Lipinski definition) is 2. The van der Waals surface area contributed by atoms with Crippen molar-refractivity contribution in [3.63, 3.8) is 0 Å². The molecule has 0 radical (unpaired) electrons. The van der Waals surface area contributed by atoms with Gasteiger partial charge in [-0.2, -0.15) is 0 Å². The third-order valence-corrected chi connectivity index (χ3v) is 5.17. The monoisotopic (exact) mass is 426 g/mol. The molecular weight excluding hydrogens is 384 g/mol. The molecule has 0 spiro atoms. The van der Waals surface area contributed by atoms with Gasteiger partial charge in [-0.15, -0.1) is 0 Å². The summed E-state index contributed by atoms with van der Waals surface area (Å²) in [6.07, 6.45) is 4.48. The zero-order valence-corrected chi connectivity index (χ0v) is 19.7. The van der Waals surface area contributed by atoms with E-state index in [-0.39, 0.29) is 42.3 Å². The van der Waals surface area contributed by atoms with E-state index in [1.807, 2.05) is 6.92 Å². The molecule has 0 rings (SSSR count). The number of amides is 2. The van der Waals surface area contributed by atoms with Gasteiger partial charge in [-0.25, -0.2) is 0 Å². The van der Waals surface area contributed by atoms with Crippen LogP contribution in [-0.4, -0.2) is 49.7 Å². The largest absolute Gasteiger partial charge is 0.381 e. The second kappa shape index (κ2) is 16.0. The van der Waals surface area contributed by atoms with Crippen LogP contribution in [0.1, 0.15) is 73.6 Å². The van der Waals surface area contributed by atoms with Gasteiger partial charge >= 0.3 is 0 Å². The van der Waals surface area contributed by atoms with Gasteiger partial charge in [0.05, 0.1) is 6.04 Å². The number of nitrogens with one attached hydrogen (secondary N) is 2. The minimum Gasteiger partial charge on any atom is -0.381 e. The molecule has 2 N–H and O–H groups in total. The Morgan fingerprint density at radius 1 is 0.933 bits per heavy atom. The average molecular weight is 427 g/mol. The summed E-state index contributed by atoms with van der Waals surface area (Å²) < 4.78 is 5.61. The smallest absolute Gasteiger partial charge is 0.223 e. The normalized spacial score (nSPS) is 14.3. The summed E-state index contributed by atoms with van der Waals surface area (Å²) in [7, 11) is 0. The van der Waals surface area contributed by atoms with Crippen molar-refractivity contribution in [1.82, 2.24) is 10.6 Å². The Morgan fingerprint density at radius 2 is 1.60 bits per heavy atom. The molecule has 0 saturated heterocycles. The van der Waals surface area contributed by atoms with Crippen molar-refractivity contribution in [1.29, 1.82) is 0 Å². The predicted molar refractivity (Wildman–Crippen MR) is 118 cm³/mol. The zero-order valence-electron chi connectivity index (χ0n) is 19.7. The topological polar surface area (TPSA) is 102 Å². The van der Waals surface area contributed by atoms with Crippen molar-refractivity contribution in [3.05, 3.63) is 0 Å². The molecule has 0 bridgehead atoms. The standard InChI is InChI=1S/C23H42N2O5/c1-16(2)9-7-8-11-30-12-10-18(5)23(29)25-19(6)21(27)13-20(14-24-15-26)22(28)17(3)4/h15-20H,7-14H2,1-6H3,(H,24,26)(H,25,29)/t18-,19+,20+/m1/s1. The lowest BCUT2D eigenvalue weighted by molar-refractivity contribution is -0.132. The molecule has 2 amide bonds. The van der Waals surface area contributed by atoms with Crippen LogP contribution in [0.4, 0.5) is 0 Å². The summed E-state index contributed by atoms with van der Waals surface area (Å²) in [6.45, 7) is 12.7. The number of ketones is 2. The van der Waals surface area contributed by atoms with Gasteiger partial charge in [0.2, 0.25) is 12.3 Å². The van der Waals surface area contributed by atoms with Crippen molar-refractivity contribution in [2.75, 3.05) is 19.8 Å². The van der Waals surface area contributed by atoms with E-state index in [4.69, 9.17) is 4.74 Å². The van der Waals surface area contributed by atoms with Crippen LogP contribution in [0.2, 0.25) is 0 Å². The first-order valence-electron chi connectivity index (χ1n) is 11.2. The lowest BCUT2D eigenvalue weighted by Crippen LogP contribution is -2.43. The lowest BCUT2D eigenvalue weighted by atomic mass is 9.89. The number of hydrogen-bond acceptors (Lipinski definition) is 5. The molecule has 0 unspecified atom stereocenters. The summed E-state index contributed by atoms with van der Waals surface area (Å²) in [5.41, 5.74) is 0. The van der Waals surface area contributed by atoms with Crippen LogP contribution in [0.15, 0.2) is 0 Å². The molecule has 7 nitrogen and oxygen atoms in total. The van der Waals surface area contributed by atoms with Crippen LogP contribution in [0, 0.1) is 23.7 Å². The maximum Gasteiger partial charge on any atom is 0.223 e. The molecule has 174 valence electrons. The van der Waals surface area contributed by atoms with E-state index in [1.165, 1.54) is 6.42 Å². The molecule has 0 fully saturated rings. The van der Waals surface area contributed by atoms with Gasteiger partial charge < -0.3 is 15.4 Å².